The lowest BCUT2D eigenvalue weighted by Crippen LogP contribution is -2.38. The average molecular weight is 475 g/mol. The molecule has 5 rings (SSSR count). The van der Waals surface area contributed by atoms with Crippen LogP contribution in [0.1, 0.15) is 31.5 Å². The third kappa shape index (κ3) is 4.37. The van der Waals surface area contributed by atoms with E-state index in [1.165, 1.54) is 29.2 Å². The van der Waals surface area contributed by atoms with Crippen molar-refractivity contribution in [1.82, 2.24) is 19.7 Å². The van der Waals surface area contributed by atoms with E-state index in [1.807, 2.05) is 5.38 Å². The molecule has 1 aliphatic heterocycles. The van der Waals surface area contributed by atoms with Crippen molar-refractivity contribution in [3.8, 4) is 0 Å². The second kappa shape index (κ2) is 9.16. The van der Waals surface area contributed by atoms with E-state index in [0.717, 1.165) is 42.7 Å². The van der Waals surface area contributed by atoms with Gasteiger partial charge in [-0.15, -0.1) is 21.5 Å². The van der Waals surface area contributed by atoms with Crippen LogP contribution in [0.5, 0.6) is 0 Å². The number of nitrogens with zero attached hydrogens (tertiary/aromatic N) is 6. The van der Waals surface area contributed by atoms with Crippen molar-refractivity contribution < 1.29 is 13.9 Å². The Morgan fingerprint density at radius 2 is 2.06 bits per heavy atom. The Morgan fingerprint density at radius 1 is 1.28 bits per heavy atom. The molecule has 1 saturated heterocycles. The average Bonchev–Trinajstić information content (AvgIpc) is 3.38. The largest absolute Gasteiger partial charge is 0.378 e. The Morgan fingerprint density at radius 3 is 2.78 bits per heavy atom. The van der Waals surface area contributed by atoms with Gasteiger partial charge in [0.25, 0.3) is 0 Å². The predicted octanol–water partition coefficient (Wildman–Crippen LogP) is 4.02. The van der Waals surface area contributed by atoms with E-state index in [-0.39, 0.29) is 11.6 Å². The van der Waals surface area contributed by atoms with Gasteiger partial charge in [-0.05, 0) is 25.0 Å². The number of halogens is 1. The molecule has 2 fully saturated rings. The number of anilines is 3. The van der Waals surface area contributed by atoms with Crippen molar-refractivity contribution >= 4 is 45.8 Å². The maximum atomic E-state index is 14.3. The molecule has 0 radical (unpaired) electrons. The third-order valence-electron chi connectivity index (χ3n) is 5.34. The molecular weight excluding hydrogens is 451 g/mol. The summed E-state index contributed by atoms with van der Waals surface area (Å²) in [5.41, 5.74) is 1.02. The van der Waals surface area contributed by atoms with Gasteiger partial charge < -0.3 is 9.64 Å². The lowest BCUT2D eigenvalue weighted by Gasteiger charge is -2.27. The summed E-state index contributed by atoms with van der Waals surface area (Å²) in [6.07, 6.45) is 2.28. The van der Waals surface area contributed by atoms with E-state index in [0.29, 0.717) is 30.1 Å². The zero-order valence-corrected chi connectivity index (χ0v) is 19.2. The van der Waals surface area contributed by atoms with Crippen LogP contribution in [0.4, 0.5) is 21.2 Å². The highest BCUT2D eigenvalue weighted by molar-refractivity contribution is 7.98. The summed E-state index contributed by atoms with van der Waals surface area (Å²) in [6, 6.07) is 6.67. The van der Waals surface area contributed by atoms with E-state index < -0.39 is 5.82 Å². The summed E-state index contributed by atoms with van der Waals surface area (Å²) < 4.78 is 22.0. The molecule has 168 valence electrons. The van der Waals surface area contributed by atoms with Gasteiger partial charge >= 0.3 is 0 Å². The van der Waals surface area contributed by atoms with Crippen LogP contribution in [0.15, 0.2) is 34.8 Å². The number of amides is 1. The normalized spacial score (nSPS) is 16.4. The summed E-state index contributed by atoms with van der Waals surface area (Å²) in [5.74, 6) is 0.766. The molecule has 3 aromatic rings. The fraction of sp³-hybridized carbons (Fsp3) is 0.429. The van der Waals surface area contributed by atoms with Crippen LogP contribution in [0, 0.1) is 5.82 Å². The number of para-hydroxylation sites is 1. The molecule has 0 spiro atoms. The minimum atomic E-state index is -0.456. The number of rotatable bonds is 7. The SMILES string of the molecule is CC(=O)N(c1nc(CSc2nnc(N3CCOCC3)n2C2CC2)cs1)c1ccccc1F. The minimum absolute atomic E-state index is 0.206. The first kappa shape index (κ1) is 21.4. The zero-order valence-electron chi connectivity index (χ0n) is 17.6. The molecule has 1 saturated carbocycles. The maximum absolute atomic E-state index is 14.3. The lowest BCUT2D eigenvalue weighted by molar-refractivity contribution is -0.115. The quantitative estimate of drug-likeness (QED) is 0.479. The van der Waals surface area contributed by atoms with Gasteiger partial charge in [0, 0.05) is 37.2 Å². The molecule has 0 bridgehead atoms. The molecule has 32 heavy (non-hydrogen) atoms. The van der Waals surface area contributed by atoms with Crippen LogP contribution in [-0.4, -0.2) is 52.0 Å². The zero-order chi connectivity index (χ0) is 22.1. The number of ether oxygens (including phenoxy) is 1. The van der Waals surface area contributed by atoms with Crippen LogP contribution >= 0.6 is 23.1 Å². The Hall–Kier alpha value is -2.50. The van der Waals surface area contributed by atoms with Gasteiger partial charge in [-0.1, -0.05) is 23.9 Å². The summed E-state index contributed by atoms with van der Waals surface area (Å²) >= 11 is 2.91. The predicted molar refractivity (Wildman–Crippen MR) is 122 cm³/mol. The molecular formula is C21H23FN6O2S2. The molecule has 2 aliphatic rings. The number of thiazole rings is 1. The minimum Gasteiger partial charge on any atom is -0.378 e. The Kier molecular flexibility index (Phi) is 6.11. The molecule has 8 nitrogen and oxygen atoms in total. The van der Waals surface area contributed by atoms with Crippen LogP contribution < -0.4 is 9.80 Å². The number of carbonyl (C=O) groups excluding carboxylic acids is 1. The van der Waals surface area contributed by atoms with E-state index in [1.54, 1.807) is 30.0 Å². The van der Waals surface area contributed by atoms with Gasteiger partial charge in [0.05, 0.1) is 24.6 Å². The van der Waals surface area contributed by atoms with Gasteiger partial charge in [-0.3, -0.25) is 14.3 Å². The molecule has 0 unspecified atom stereocenters. The summed E-state index contributed by atoms with van der Waals surface area (Å²) in [7, 11) is 0. The molecule has 3 heterocycles. The standard InChI is InChI=1S/C21H23FN6O2S2/c1-14(29)27(18-5-3-2-4-17(18)22)20-23-15(12-31-20)13-32-21-25-24-19(28(21)16-6-7-16)26-8-10-30-11-9-26/h2-5,12,16H,6-11,13H2,1H3. The number of morpholine rings is 1. The maximum Gasteiger partial charge on any atom is 0.230 e. The first-order valence-corrected chi connectivity index (χ1v) is 12.4. The van der Waals surface area contributed by atoms with Crippen molar-refractivity contribution in [3.05, 3.63) is 41.2 Å². The number of hydrogen-bond donors (Lipinski definition) is 0. The van der Waals surface area contributed by atoms with Crippen molar-refractivity contribution in [2.24, 2.45) is 0 Å². The van der Waals surface area contributed by atoms with E-state index in [9.17, 15) is 9.18 Å². The lowest BCUT2D eigenvalue weighted by atomic mass is 10.3. The van der Waals surface area contributed by atoms with E-state index in [2.05, 4.69) is 24.6 Å². The fourth-order valence-corrected chi connectivity index (χ4v) is 5.52. The highest BCUT2D eigenvalue weighted by Gasteiger charge is 2.32. The number of thioether (sulfide) groups is 1. The molecule has 1 aliphatic carbocycles. The fourth-order valence-electron chi connectivity index (χ4n) is 3.64. The Balaban J connectivity index is 1.33. The van der Waals surface area contributed by atoms with Crippen LogP contribution in [0.2, 0.25) is 0 Å². The van der Waals surface area contributed by atoms with Crippen molar-refractivity contribution in [1.29, 1.82) is 0 Å². The number of hydrogen-bond acceptors (Lipinski definition) is 8. The van der Waals surface area contributed by atoms with Crippen LogP contribution in [0.25, 0.3) is 0 Å². The van der Waals surface area contributed by atoms with Crippen molar-refractivity contribution in [2.45, 2.75) is 36.7 Å². The topological polar surface area (TPSA) is 76.4 Å². The molecule has 11 heteroatoms. The third-order valence-corrected chi connectivity index (χ3v) is 7.19. The Labute approximate surface area is 193 Å². The molecule has 0 N–H and O–H groups in total. The highest BCUT2D eigenvalue weighted by atomic mass is 32.2. The van der Waals surface area contributed by atoms with Gasteiger partial charge in [0.1, 0.15) is 5.82 Å². The van der Waals surface area contributed by atoms with Gasteiger partial charge in [-0.2, -0.15) is 0 Å². The first-order valence-electron chi connectivity index (χ1n) is 10.5. The first-order chi connectivity index (χ1) is 15.6. The highest BCUT2D eigenvalue weighted by Crippen LogP contribution is 2.41. The summed E-state index contributed by atoms with van der Waals surface area (Å²) in [5, 5.41) is 12.2. The van der Waals surface area contributed by atoms with Gasteiger partial charge in [0.15, 0.2) is 10.3 Å². The second-order valence-electron chi connectivity index (χ2n) is 7.70. The molecule has 0 atom stereocenters. The number of aromatic nitrogens is 4. The monoisotopic (exact) mass is 474 g/mol. The number of benzene rings is 1. The number of carbonyl (C=O) groups is 1. The Bertz CT molecular complexity index is 1110. The van der Waals surface area contributed by atoms with Crippen LogP contribution in [-0.2, 0) is 15.3 Å². The van der Waals surface area contributed by atoms with Crippen molar-refractivity contribution in [2.75, 3.05) is 36.1 Å². The van der Waals surface area contributed by atoms with Crippen molar-refractivity contribution in [3.63, 3.8) is 0 Å². The molecule has 1 aromatic carbocycles. The van der Waals surface area contributed by atoms with E-state index in [4.69, 9.17) is 4.74 Å². The second-order valence-corrected chi connectivity index (χ2v) is 9.48. The smallest absolute Gasteiger partial charge is 0.230 e. The molecule has 1 amide bonds. The molecule has 2 aromatic heterocycles. The summed E-state index contributed by atoms with van der Waals surface area (Å²) in [6.45, 7) is 4.46. The van der Waals surface area contributed by atoms with Gasteiger partial charge in [-0.25, -0.2) is 9.37 Å². The van der Waals surface area contributed by atoms with Gasteiger partial charge in [0.2, 0.25) is 11.9 Å². The van der Waals surface area contributed by atoms with E-state index >= 15 is 0 Å². The summed E-state index contributed by atoms with van der Waals surface area (Å²) in [4.78, 5) is 20.4. The van der Waals surface area contributed by atoms with Crippen LogP contribution in [0.3, 0.4) is 0 Å².